The van der Waals surface area contributed by atoms with Gasteiger partial charge in [-0.2, -0.15) is 17.4 Å². The van der Waals surface area contributed by atoms with Crippen LogP contribution in [0.3, 0.4) is 0 Å². The predicted octanol–water partition coefficient (Wildman–Crippen LogP) is 1.99. The Labute approximate surface area is 136 Å². The summed E-state index contributed by atoms with van der Waals surface area (Å²) in [5, 5.41) is 3.31. The lowest BCUT2D eigenvalue weighted by Gasteiger charge is -2.24. The summed E-state index contributed by atoms with van der Waals surface area (Å²) in [5.41, 5.74) is 0.593. The summed E-state index contributed by atoms with van der Waals surface area (Å²) in [5.74, 6) is -0.325. The zero-order valence-corrected chi connectivity index (χ0v) is 14.1. The summed E-state index contributed by atoms with van der Waals surface area (Å²) < 4.78 is 28.3. The molecular formula is C14H20ClN3O3S. The molecule has 1 atom stereocenters. The molecule has 0 radical (unpaired) electrons. The van der Waals surface area contributed by atoms with Crippen LogP contribution in [0.1, 0.15) is 26.7 Å². The maximum absolute atomic E-state index is 12.4. The minimum Gasteiger partial charge on any atom is -0.325 e. The van der Waals surface area contributed by atoms with E-state index < -0.39 is 16.3 Å². The van der Waals surface area contributed by atoms with Gasteiger partial charge < -0.3 is 5.32 Å². The van der Waals surface area contributed by atoms with E-state index in [1.807, 2.05) is 0 Å². The number of amides is 1. The predicted molar refractivity (Wildman–Crippen MR) is 87.0 cm³/mol. The van der Waals surface area contributed by atoms with E-state index in [2.05, 4.69) is 10.0 Å². The van der Waals surface area contributed by atoms with Crippen LogP contribution in [-0.4, -0.2) is 37.3 Å². The topological polar surface area (TPSA) is 78.5 Å². The van der Waals surface area contributed by atoms with Gasteiger partial charge in [0, 0.05) is 23.3 Å². The third kappa shape index (κ3) is 4.19. The van der Waals surface area contributed by atoms with E-state index in [-0.39, 0.29) is 11.9 Å². The molecule has 0 spiro atoms. The first kappa shape index (κ1) is 17.2. The van der Waals surface area contributed by atoms with E-state index >= 15 is 0 Å². The number of hydrogen-bond acceptors (Lipinski definition) is 3. The monoisotopic (exact) mass is 345 g/mol. The Morgan fingerprint density at radius 1 is 1.32 bits per heavy atom. The molecule has 0 aromatic heterocycles. The number of nitrogens with one attached hydrogen (secondary N) is 2. The number of nitrogens with zero attached hydrogens (tertiary/aromatic N) is 1. The highest BCUT2D eigenvalue weighted by atomic mass is 35.5. The first-order valence-electron chi connectivity index (χ1n) is 7.15. The molecule has 1 unspecified atom stereocenters. The van der Waals surface area contributed by atoms with Crippen molar-refractivity contribution in [3.8, 4) is 0 Å². The molecule has 1 fully saturated rings. The van der Waals surface area contributed by atoms with Crippen molar-refractivity contribution >= 4 is 33.4 Å². The molecule has 22 heavy (non-hydrogen) atoms. The largest absolute Gasteiger partial charge is 0.325 e. The van der Waals surface area contributed by atoms with Gasteiger partial charge in [0.05, 0.1) is 0 Å². The van der Waals surface area contributed by atoms with Gasteiger partial charge in [0.15, 0.2) is 0 Å². The summed E-state index contributed by atoms with van der Waals surface area (Å²) >= 11 is 5.80. The second-order valence-electron chi connectivity index (χ2n) is 5.54. The van der Waals surface area contributed by atoms with Crippen LogP contribution in [-0.2, 0) is 15.0 Å². The number of carbonyl (C=O) groups is 1. The van der Waals surface area contributed by atoms with E-state index in [0.717, 1.165) is 0 Å². The fourth-order valence-electron chi connectivity index (χ4n) is 2.41. The van der Waals surface area contributed by atoms with Crippen molar-refractivity contribution in [1.82, 2.24) is 9.03 Å². The van der Waals surface area contributed by atoms with Crippen molar-refractivity contribution in [1.29, 1.82) is 0 Å². The number of benzene rings is 1. The molecular weight excluding hydrogens is 326 g/mol. The number of carbonyl (C=O) groups excluding carboxylic acids is 1. The molecule has 8 heteroatoms. The normalized spacial score (nSPS) is 19.5. The van der Waals surface area contributed by atoms with E-state index in [9.17, 15) is 13.2 Å². The van der Waals surface area contributed by atoms with Crippen molar-refractivity contribution in [2.75, 3.05) is 11.9 Å². The second kappa shape index (κ2) is 6.95. The van der Waals surface area contributed by atoms with E-state index in [1.165, 1.54) is 4.31 Å². The molecule has 1 aromatic carbocycles. The molecule has 1 heterocycles. The van der Waals surface area contributed by atoms with Crippen LogP contribution in [0.25, 0.3) is 0 Å². The van der Waals surface area contributed by atoms with Crippen molar-refractivity contribution in [3.05, 3.63) is 29.3 Å². The van der Waals surface area contributed by atoms with Gasteiger partial charge in [0.2, 0.25) is 5.91 Å². The molecule has 0 bridgehead atoms. The van der Waals surface area contributed by atoms with Gasteiger partial charge in [-0.25, -0.2) is 0 Å². The van der Waals surface area contributed by atoms with Gasteiger partial charge in [-0.3, -0.25) is 4.79 Å². The Kier molecular flexibility index (Phi) is 5.44. The fourth-order valence-corrected chi connectivity index (χ4v) is 4.18. The minimum atomic E-state index is -3.65. The zero-order chi connectivity index (χ0) is 16.3. The highest BCUT2D eigenvalue weighted by Crippen LogP contribution is 2.22. The Morgan fingerprint density at radius 3 is 2.55 bits per heavy atom. The van der Waals surface area contributed by atoms with Gasteiger partial charge in [-0.15, -0.1) is 0 Å². The Hall–Kier alpha value is -1.15. The molecule has 6 nitrogen and oxygen atoms in total. The summed E-state index contributed by atoms with van der Waals surface area (Å²) in [6, 6.07) is 5.79. The number of anilines is 1. The molecule has 2 rings (SSSR count). The summed E-state index contributed by atoms with van der Waals surface area (Å²) in [4.78, 5) is 12.4. The maximum Gasteiger partial charge on any atom is 0.280 e. The van der Waals surface area contributed by atoms with Crippen LogP contribution in [0.15, 0.2) is 24.3 Å². The van der Waals surface area contributed by atoms with Gasteiger partial charge in [-0.05, 0) is 51.0 Å². The molecule has 2 N–H and O–H groups in total. The van der Waals surface area contributed by atoms with Gasteiger partial charge in [-0.1, -0.05) is 11.6 Å². The number of hydrogen-bond donors (Lipinski definition) is 2. The van der Waals surface area contributed by atoms with Crippen LogP contribution >= 0.6 is 11.6 Å². The van der Waals surface area contributed by atoms with E-state index in [0.29, 0.717) is 30.1 Å². The van der Waals surface area contributed by atoms with Gasteiger partial charge in [0.1, 0.15) is 6.04 Å². The Morgan fingerprint density at radius 2 is 1.95 bits per heavy atom. The smallest absolute Gasteiger partial charge is 0.280 e. The maximum atomic E-state index is 12.4. The first-order chi connectivity index (χ1) is 10.3. The van der Waals surface area contributed by atoms with Crippen LogP contribution in [0.4, 0.5) is 5.69 Å². The van der Waals surface area contributed by atoms with Crippen LogP contribution in [0.5, 0.6) is 0 Å². The van der Waals surface area contributed by atoms with Crippen LogP contribution in [0.2, 0.25) is 5.02 Å². The van der Waals surface area contributed by atoms with Gasteiger partial charge >= 0.3 is 0 Å². The highest BCUT2D eigenvalue weighted by Gasteiger charge is 2.38. The Balaban J connectivity index is 2.09. The van der Waals surface area contributed by atoms with E-state index in [1.54, 1.807) is 38.1 Å². The summed E-state index contributed by atoms with van der Waals surface area (Å²) in [6.45, 7) is 3.84. The third-order valence-electron chi connectivity index (χ3n) is 3.31. The lowest BCUT2D eigenvalue weighted by molar-refractivity contribution is -0.119. The quantitative estimate of drug-likeness (QED) is 0.856. The van der Waals surface area contributed by atoms with Crippen molar-refractivity contribution in [2.24, 2.45) is 0 Å². The Bertz CT molecular complexity index is 631. The van der Waals surface area contributed by atoms with Crippen molar-refractivity contribution in [3.63, 3.8) is 0 Å². The van der Waals surface area contributed by atoms with Crippen molar-refractivity contribution in [2.45, 2.75) is 38.8 Å². The zero-order valence-electron chi connectivity index (χ0n) is 12.5. The lowest BCUT2D eigenvalue weighted by atomic mass is 10.2. The first-order valence-corrected chi connectivity index (χ1v) is 8.97. The molecule has 0 aliphatic carbocycles. The lowest BCUT2D eigenvalue weighted by Crippen LogP contribution is -2.49. The minimum absolute atomic E-state index is 0.217. The van der Waals surface area contributed by atoms with Crippen LogP contribution < -0.4 is 10.0 Å². The van der Waals surface area contributed by atoms with Gasteiger partial charge in [0.25, 0.3) is 10.2 Å². The number of halogens is 1. The number of rotatable bonds is 5. The SMILES string of the molecule is CC(C)NS(=O)(=O)N1CCCC1C(=O)Nc1ccc(Cl)cc1. The summed E-state index contributed by atoms with van der Waals surface area (Å²) in [6.07, 6.45) is 1.18. The molecule has 1 saturated heterocycles. The second-order valence-corrected chi connectivity index (χ2v) is 7.63. The average molecular weight is 346 g/mol. The third-order valence-corrected chi connectivity index (χ3v) is 5.39. The molecule has 1 aliphatic rings. The van der Waals surface area contributed by atoms with E-state index in [4.69, 9.17) is 11.6 Å². The molecule has 122 valence electrons. The molecule has 1 aliphatic heterocycles. The average Bonchev–Trinajstić information content (AvgIpc) is 2.90. The standard InChI is InChI=1S/C14H20ClN3O3S/c1-10(2)17-22(20,21)18-9-3-4-13(18)14(19)16-12-7-5-11(15)6-8-12/h5-8,10,13,17H,3-4,9H2,1-2H3,(H,16,19). The van der Waals surface area contributed by atoms with Crippen LogP contribution in [0, 0.1) is 0 Å². The molecule has 1 amide bonds. The molecule has 0 saturated carbocycles. The summed E-state index contributed by atoms with van der Waals surface area (Å²) in [7, 11) is -3.65. The van der Waals surface area contributed by atoms with Crippen molar-refractivity contribution < 1.29 is 13.2 Å². The molecule has 1 aromatic rings. The fraction of sp³-hybridized carbons (Fsp3) is 0.500. The highest BCUT2D eigenvalue weighted by molar-refractivity contribution is 7.87.